The van der Waals surface area contributed by atoms with E-state index in [1.807, 2.05) is 27.7 Å². The summed E-state index contributed by atoms with van der Waals surface area (Å²) in [5.41, 5.74) is 6.06. The van der Waals surface area contributed by atoms with Gasteiger partial charge in [-0.15, -0.1) is 0 Å². The van der Waals surface area contributed by atoms with E-state index < -0.39 is 24.3 Å². The lowest BCUT2D eigenvalue weighted by atomic mass is 9.77. The van der Waals surface area contributed by atoms with E-state index in [4.69, 9.17) is 9.47 Å². The molecule has 4 N–H and O–H groups in total. The number of likely N-dealkylation sites (tertiary alicyclic amines) is 2. The number of aromatic amines is 2. The number of amides is 4. The molecule has 4 amide bonds. The van der Waals surface area contributed by atoms with Crippen LogP contribution in [0.5, 0.6) is 0 Å². The molecule has 2 aromatic heterocycles. The number of nitrogens with zero attached hydrogens (tertiary/aromatic N) is 4. The third kappa shape index (κ3) is 8.54. The Morgan fingerprint density at radius 2 is 1.20 bits per heavy atom. The van der Waals surface area contributed by atoms with E-state index in [-0.39, 0.29) is 46.9 Å². The number of benzene rings is 1. The van der Waals surface area contributed by atoms with E-state index in [9.17, 15) is 19.2 Å². The maximum Gasteiger partial charge on any atom is 0.407 e. The lowest BCUT2D eigenvalue weighted by Gasteiger charge is -2.29. The van der Waals surface area contributed by atoms with Crippen LogP contribution in [0.2, 0.25) is 0 Å². The summed E-state index contributed by atoms with van der Waals surface area (Å²) >= 11 is 0. The van der Waals surface area contributed by atoms with Crippen molar-refractivity contribution < 1.29 is 34.4 Å². The number of aromatic nitrogens is 4. The highest BCUT2D eigenvalue weighted by Crippen LogP contribution is 2.52. The highest BCUT2D eigenvalue weighted by molar-refractivity contribution is 5.87. The van der Waals surface area contributed by atoms with Crippen LogP contribution in [0.4, 0.5) is 9.59 Å². The fourth-order valence-electron chi connectivity index (χ4n) is 9.57. The molecule has 0 unspecified atom stereocenters. The SMILES string of the molecule is COC(=O)N[C@H](C(=O)N1CCC[C@H]1c1ncc(C#Cc2ccc(C#Cc3cnc([C@@H]4CCCN4C(=O)[C@@H](NC(=O)OC)C(C)C)[nH]3)c3c2CCC32CCCC2)[nH]1)C(C)C.[HH].[HH].[HH].[HH]. The molecule has 1 spiro atoms. The average molecular weight is 813 g/mol. The minimum Gasteiger partial charge on any atom is -0.453 e. The lowest BCUT2D eigenvalue weighted by Crippen LogP contribution is -2.51. The maximum atomic E-state index is 13.6. The largest absolute Gasteiger partial charge is 0.453 e. The van der Waals surface area contributed by atoms with E-state index in [2.05, 4.69) is 66.4 Å². The van der Waals surface area contributed by atoms with Gasteiger partial charge in [-0.3, -0.25) is 9.59 Å². The van der Waals surface area contributed by atoms with Crippen molar-refractivity contribution in [2.45, 2.75) is 121 Å². The Bertz CT molecular complexity index is 2220. The summed E-state index contributed by atoms with van der Waals surface area (Å²) in [6.07, 6.45) is 12.1. The van der Waals surface area contributed by atoms with Crippen LogP contribution in [0.3, 0.4) is 0 Å². The third-order valence-corrected chi connectivity index (χ3v) is 12.6. The summed E-state index contributed by atoms with van der Waals surface area (Å²) in [6.45, 7) is 8.77. The number of carbonyl (C=O) groups is 4. The maximum absolute atomic E-state index is 13.6. The number of alkyl carbamates (subject to hydrolysis) is 2. The standard InChI is InChI=1S/C45H56N8O6.4H2/c1-27(2)37(50-43(56)58-5)41(54)52-23-9-11-34(52)39-46-25-31(48-39)17-15-29-13-14-30(36-33(29)19-22-45(36)20-7-8-21-45)16-18-32-26-47-40(49-32)35-12-10-24-53(35)42(55)38(28(3)4)51-44(57)59-6;;;;/h13-14,25-28,34-35,37-38H,7-12,19-24H2,1-6H3,(H,46,48)(H,47,49)(H,50,56)(H,51,57);4*1H/t34-,35-,37-,38-;;;;/m0..../s1. The Morgan fingerprint density at radius 3 is 1.68 bits per heavy atom. The minimum absolute atomic E-state index is 0. The quantitative estimate of drug-likeness (QED) is 0.181. The Hall–Kier alpha value is -5.76. The van der Waals surface area contributed by atoms with Crippen LogP contribution in [0, 0.1) is 35.5 Å². The van der Waals surface area contributed by atoms with Crippen LogP contribution < -0.4 is 10.6 Å². The minimum atomic E-state index is -0.700. The molecule has 7 rings (SSSR count). The lowest BCUT2D eigenvalue weighted by molar-refractivity contribution is -0.136. The molecule has 0 bridgehead atoms. The average Bonchev–Trinajstić information content (AvgIpc) is 4.09. The number of nitrogens with one attached hydrogen (secondary N) is 4. The van der Waals surface area contributed by atoms with Crippen molar-refractivity contribution >= 4 is 24.0 Å². The van der Waals surface area contributed by atoms with Gasteiger partial charge in [0.25, 0.3) is 0 Å². The van der Waals surface area contributed by atoms with Crippen LogP contribution in [0.15, 0.2) is 24.5 Å². The van der Waals surface area contributed by atoms with Crippen molar-refractivity contribution in [3.05, 3.63) is 69.8 Å². The Balaban J connectivity index is 0.00000264. The Labute approximate surface area is 352 Å². The Kier molecular flexibility index (Phi) is 12.4. The smallest absolute Gasteiger partial charge is 0.407 e. The number of H-pyrrole nitrogens is 2. The molecule has 2 saturated heterocycles. The van der Waals surface area contributed by atoms with Crippen molar-refractivity contribution in [2.75, 3.05) is 27.3 Å². The van der Waals surface area contributed by atoms with Gasteiger partial charge in [0.15, 0.2) is 0 Å². The van der Waals surface area contributed by atoms with E-state index in [0.29, 0.717) is 36.1 Å². The molecule has 1 saturated carbocycles. The summed E-state index contributed by atoms with van der Waals surface area (Å²) < 4.78 is 9.55. The van der Waals surface area contributed by atoms with Crippen molar-refractivity contribution in [1.29, 1.82) is 0 Å². The molecule has 4 heterocycles. The van der Waals surface area contributed by atoms with Gasteiger partial charge in [-0.2, -0.15) is 0 Å². The number of ether oxygens (including phenoxy) is 2. The number of imidazole rings is 2. The van der Waals surface area contributed by atoms with Gasteiger partial charge in [0.1, 0.15) is 35.1 Å². The van der Waals surface area contributed by atoms with Crippen LogP contribution in [-0.2, 0) is 30.9 Å². The zero-order valence-electron chi connectivity index (χ0n) is 35.0. The van der Waals surface area contributed by atoms with Crippen molar-refractivity contribution in [3.63, 3.8) is 0 Å². The van der Waals surface area contributed by atoms with Gasteiger partial charge in [-0.1, -0.05) is 52.4 Å². The van der Waals surface area contributed by atoms with Gasteiger partial charge >= 0.3 is 12.2 Å². The first-order chi connectivity index (χ1) is 28.4. The van der Waals surface area contributed by atoms with Crippen LogP contribution >= 0.6 is 0 Å². The first-order valence-electron chi connectivity index (χ1n) is 21.0. The zero-order valence-corrected chi connectivity index (χ0v) is 35.0. The van der Waals surface area contributed by atoms with E-state index in [1.54, 1.807) is 22.2 Å². The molecule has 4 atom stereocenters. The van der Waals surface area contributed by atoms with Gasteiger partial charge < -0.3 is 39.9 Å². The molecule has 14 heteroatoms. The Morgan fingerprint density at radius 1 is 0.729 bits per heavy atom. The van der Waals surface area contributed by atoms with Crippen molar-refractivity contribution in [2.24, 2.45) is 11.8 Å². The van der Waals surface area contributed by atoms with E-state index >= 15 is 0 Å². The predicted octanol–water partition coefficient (Wildman–Crippen LogP) is 6.76. The van der Waals surface area contributed by atoms with Gasteiger partial charge in [-0.05, 0) is 104 Å². The third-order valence-electron chi connectivity index (χ3n) is 12.6. The fourth-order valence-corrected chi connectivity index (χ4v) is 9.57. The molecule has 2 aliphatic carbocycles. The molecule has 0 radical (unpaired) electrons. The number of hydrogen-bond donors (Lipinski definition) is 4. The molecule has 14 nitrogen and oxygen atoms in total. The second-order valence-electron chi connectivity index (χ2n) is 17.0. The van der Waals surface area contributed by atoms with E-state index in [1.165, 1.54) is 38.2 Å². The van der Waals surface area contributed by atoms with Gasteiger partial charge in [0.2, 0.25) is 11.8 Å². The molecule has 4 aliphatic rings. The van der Waals surface area contributed by atoms with Crippen molar-refractivity contribution in [3.8, 4) is 23.7 Å². The summed E-state index contributed by atoms with van der Waals surface area (Å²) in [4.78, 5) is 71.0. The normalized spacial score (nSPS) is 20.1. The summed E-state index contributed by atoms with van der Waals surface area (Å²) in [7, 11) is 2.58. The molecule has 2 aliphatic heterocycles. The molecular weight excluding hydrogens is 749 g/mol. The topological polar surface area (TPSA) is 175 Å². The highest BCUT2D eigenvalue weighted by Gasteiger charge is 2.43. The first-order valence-corrected chi connectivity index (χ1v) is 21.0. The number of fused-ring (bicyclic) bond motifs is 2. The first kappa shape index (κ1) is 41.4. The summed E-state index contributed by atoms with van der Waals surface area (Å²) in [5.74, 6) is 14.5. The predicted molar refractivity (Wildman–Crippen MR) is 228 cm³/mol. The molecule has 3 fully saturated rings. The van der Waals surface area contributed by atoms with E-state index in [0.717, 1.165) is 62.5 Å². The number of methoxy groups -OCH3 is 2. The molecule has 59 heavy (non-hydrogen) atoms. The summed E-state index contributed by atoms with van der Waals surface area (Å²) in [5, 5.41) is 5.41. The number of rotatable bonds is 8. The van der Waals surface area contributed by atoms with Crippen LogP contribution in [0.25, 0.3) is 0 Å². The molecular formula is C45H64N8O6. The van der Waals surface area contributed by atoms with Crippen molar-refractivity contribution in [1.82, 2.24) is 40.4 Å². The second-order valence-corrected chi connectivity index (χ2v) is 17.0. The second kappa shape index (κ2) is 17.6. The van der Waals surface area contributed by atoms with Gasteiger partial charge in [0.05, 0.1) is 38.7 Å². The molecule has 320 valence electrons. The summed E-state index contributed by atoms with van der Waals surface area (Å²) in [6, 6.07) is 2.31. The highest BCUT2D eigenvalue weighted by atomic mass is 16.5. The van der Waals surface area contributed by atoms with Crippen LogP contribution in [-0.4, -0.2) is 93.1 Å². The van der Waals surface area contributed by atoms with Gasteiger partial charge in [-0.25, -0.2) is 19.6 Å². The van der Waals surface area contributed by atoms with Gasteiger partial charge in [0, 0.05) is 29.9 Å². The monoisotopic (exact) mass is 812 g/mol. The fraction of sp³-hybridized carbons (Fsp3) is 0.556. The number of hydrogen-bond acceptors (Lipinski definition) is 8. The van der Waals surface area contributed by atoms with Crippen LogP contribution in [0.1, 0.15) is 149 Å². The molecule has 1 aromatic carbocycles. The molecule has 3 aromatic rings. The number of carbonyl (C=O) groups excluding carboxylic acids is 4. The zero-order chi connectivity index (χ0) is 41.8.